The lowest BCUT2D eigenvalue weighted by Gasteiger charge is -2.10. The summed E-state index contributed by atoms with van der Waals surface area (Å²) in [5.74, 6) is 0.916. The Morgan fingerprint density at radius 3 is 1.87 bits per heavy atom. The predicted octanol–water partition coefficient (Wildman–Crippen LogP) is 8.94. The molecule has 0 radical (unpaired) electrons. The quantitative estimate of drug-likeness (QED) is 0.245. The molecular formula is C35H23N3. The lowest BCUT2D eigenvalue weighted by atomic mass is 10.1. The Kier molecular flexibility index (Phi) is 4.52. The molecule has 3 aromatic heterocycles. The van der Waals surface area contributed by atoms with Crippen LogP contribution in [0.15, 0.2) is 140 Å². The Balaban J connectivity index is 1.53. The number of pyridine rings is 1. The Hall–Kier alpha value is -5.15. The van der Waals surface area contributed by atoms with Gasteiger partial charge in [0.2, 0.25) is 0 Å². The van der Waals surface area contributed by atoms with Gasteiger partial charge >= 0.3 is 0 Å². The van der Waals surface area contributed by atoms with Crippen LogP contribution in [-0.4, -0.2) is 14.1 Å². The summed E-state index contributed by atoms with van der Waals surface area (Å²) in [6, 6.07) is 49.3. The van der Waals surface area contributed by atoms with Crippen molar-refractivity contribution in [1.29, 1.82) is 0 Å². The second-order valence-corrected chi connectivity index (χ2v) is 9.64. The molecular weight excluding hydrogens is 462 g/mol. The van der Waals surface area contributed by atoms with Gasteiger partial charge in [0.15, 0.2) is 0 Å². The summed E-state index contributed by atoms with van der Waals surface area (Å²) in [7, 11) is 0. The highest BCUT2D eigenvalue weighted by atomic mass is 15.1. The summed E-state index contributed by atoms with van der Waals surface area (Å²) in [5.41, 5.74) is 7.97. The summed E-state index contributed by atoms with van der Waals surface area (Å²) in [5, 5.41) is 4.98. The maximum Gasteiger partial charge on any atom is 0.138 e. The molecule has 8 aromatic rings. The molecule has 38 heavy (non-hydrogen) atoms. The van der Waals surface area contributed by atoms with Crippen LogP contribution in [0.25, 0.3) is 66.4 Å². The number of hydrogen-bond acceptors (Lipinski definition) is 1. The minimum Gasteiger partial charge on any atom is -0.309 e. The van der Waals surface area contributed by atoms with Gasteiger partial charge in [0, 0.05) is 32.8 Å². The fourth-order valence-electron chi connectivity index (χ4n) is 5.92. The number of hydrogen-bond donors (Lipinski definition) is 0. The van der Waals surface area contributed by atoms with Crippen LogP contribution in [0.2, 0.25) is 0 Å². The van der Waals surface area contributed by atoms with Crippen molar-refractivity contribution in [2.75, 3.05) is 0 Å². The van der Waals surface area contributed by atoms with Crippen molar-refractivity contribution in [2.45, 2.75) is 0 Å². The fraction of sp³-hybridized carbons (Fsp3) is 0. The van der Waals surface area contributed by atoms with E-state index < -0.39 is 0 Å². The average molecular weight is 486 g/mol. The fourth-order valence-corrected chi connectivity index (χ4v) is 5.92. The zero-order valence-corrected chi connectivity index (χ0v) is 20.6. The first-order valence-corrected chi connectivity index (χ1v) is 12.9. The van der Waals surface area contributed by atoms with Crippen molar-refractivity contribution in [1.82, 2.24) is 14.1 Å². The first kappa shape index (κ1) is 21.0. The largest absolute Gasteiger partial charge is 0.309 e. The summed E-state index contributed by atoms with van der Waals surface area (Å²) < 4.78 is 4.72. The molecule has 0 fully saturated rings. The minimum absolute atomic E-state index is 0.916. The topological polar surface area (TPSA) is 22.8 Å². The number of nitrogens with zero attached hydrogens (tertiary/aromatic N) is 3. The lowest BCUT2D eigenvalue weighted by Crippen LogP contribution is -1.98. The smallest absolute Gasteiger partial charge is 0.138 e. The van der Waals surface area contributed by atoms with E-state index in [1.165, 1.54) is 32.6 Å². The Morgan fingerprint density at radius 2 is 1.08 bits per heavy atom. The van der Waals surface area contributed by atoms with E-state index in [1.54, 1.807) is 0 Å². The van der Waals surface area contributed by atoms with Gasteiger partial charge < -0.3 is 4.57 Å². The van der Waals surface area contributed by atoms with Crippen molar-refractivity contribution in [2.24, 2.45) is 0 Å². The van der Waals surface area contributed by atoms with Crippen LogP contribution in [0.3, 0.4) is 0 Å². The van der Waals surface area contributed by atoms with Gasteiger partial charge in [0.05, 0.1) is 27.8 Å². The van der Waals surface area contributed by atoms with Gasteiger partial charge in [-0.2, -0.15) is 0 Å². The van der Waals surface area contributed by atoms with Crippen LogP contribution >= 0.6 is 0 Å². The van der Waals surface area contributed by atoms with Crippen molar-refractivity contribution < 1.29 is 0 Å². The van der Waals surface area contributed by atoms with Crippen LogP contribution in [-0.2, 0) is 0 Å². The predicted molar refractivity (Wildman–Crippen MR) is 158 cm³/mol. The molecule has 3 nitrogen and oxygen atoms in total. The first-order chi connectivity index (χ1) is 18.9. The zero-order valence-electron chi connectivity index (χ0n) is 20.6. The molecule has 0 aliphatic rings. The highest BCUT2D eigenvalue weighted by Crippen LogP contribution is 2.41. The van der Waals surface area contributed by atoms with Gasteiger partial charge in [-0.3, -0.25) is 4.57 Å². The van der Waals surface area contributed by atoms with Crippen molar-refractivity contribution >= 4 is 43.6 Å². The molecule has 0 aliphatic heterocycles. The first-order valence-electron chi connectivity index (χ1n) is 12.9. The number of rotatable bonds is 3. The van der Waals surface area contributed by atoms with Crippen molar-refractivity contribution in [3.05, 3.63) is 140 Å². The molecule has 178 valence electrons. The molecule has 0 N–H and O–H groups in total. The van der Waals surface area contributed by atoms with Crippen LogP contribution in [0.1, 0.15) is 0 Å². The Morgan fingerprint density at radius 1 is 0.421 bits per heavy atom. The van der Waals surface area contributed by atoms with E-state index in [0.717, 1.165) is 33.8 Å². The van der Waals surface area contributed by atoms with Gasteiger partial charge in [-0.05, 0) is 42.5 Å². The van der Waals surface area contributed by atoms with E-state index in [0.29, 0.717) is 0 Å². The van der Waals surface area contributed by atoms with Crippen LogP contribution < -0.4 is 0 Å². The molecule has 0 aliphatic carbocycles. The highest BCUT2D eigenvalue weighted by Gasteiger charge is 2.20. The second kappa shape index (κ2) is 8.19. The number of benzene rings is 5. The molecule has 0 bridgehead atoms. The van der Waals surface area contributed by atoms with Crippen molar-refractivity contribution in [3.63, 3.8) is 0 Å². The summed E-state index contributed by atoms with van der Waals surface area (Å²) in [4.78, 5) is 5.15. The van der Waals surface area contributed by atoms with E-state index in [-0.39, 0.29) is 0 Å². The molecule has 3 heterocycles. The molecule has 0 atom stereocenters. The second-order valence-electron chi connectivity index (χ2n) is 9.64. The minimum atomic E-state index is 0.916. The van der Waals surface area contributed by atoms with E-state index in [4.69, 9.17) is 4.98 Å². The molecule has 0 saturated carbocycles. The molecule has 0 unspecified atom stereocenters. The molecule has 0 saturated heterocycles. The van der Waals surface area contributed by atoms with Crippen LogP contribution in [0.5, 0.6) is 0 Å². The summed E-state index contributed by atoms with van der Waals surface area (Å²) in [6.45, 7) is 0. The molecule has 3 heteroatoms. The highest BCUT2D eigenvalue weighted by molar-refractivity contribution is 6.26. The molecule has 0 spiro atoms. The normalized spacial score (nSPS) is 11.7. The summed E-state index contributed by atoms with van der Waals surface area (Å²) >= 11 is 0. The number of para-hydroxylation sites is 3. The maximum atomic E-state index is 5.15. The third kappa shape index (κ3) is 2.99. The zero-order chi connectivity index (χ0) is 25.1. The Labute approximate surface area is 219 Å². The maximum absolute atomic E-state index is 5.15. The van der Waals surface area contributed by atoms with E-state index in [1.807, 2.05) is 6.07 Å². The van der Waals surface area contributed by atoms with E-state index in [9.17, 15) is 0 Å². The number of aromatic nitrogens is 3. The van der Waals surface area contributed by atoms with Gasteiger partial charge in [0.1, 0.15) is 5.82 Å². The molecule has 5 aromatic carbocycles. The Bertz CT molecular complexity index is 2120. The van der Waals surface area contributed by atoms with Crippen LogP contribution in [0, 0.1) is 0 Å². The van der Waals surface area contributed by atoms with E-state index in [2.05, 4.69) is 143 Å². The molecule has 8 rings (SSSR count). The van der Waals surface area contributed by atoms with E-state index >= 15 is 0 Å². The number of fused-ring (bicyclic) bond motifs is 7. The monoisotopic (exact) mass is 485 g/mol. The standard InChI is InChI=1S/C35H23N3/c1-3-12-24(13-4-1)29-18-11-21-33(36-29)38-31-20-10-8-17-28(31)34-32(38)23-22-27-26-16-7-9-19-30(26)37(35(27)34)25-14-5-2-6-15-25/h1-23H. The molecule has 0 amide bonds. The van der Waals surface area contributed by atoms with Gasteiger partial charge in [-0.25, -0.2) is 4.98 Å². The van der Waals surface area contributed by atoms with Crippen LogP contribution in [0.4, 0.5) is 0 Å². The van der Waals surface area contributed by atoms with Gasteiger partial charge in [-0.1, -0.05) is 97.1 Å². The third-order valence-electron chi connectivity index (χ3n) is 7.52. The van der Waals surface area contributed by atoms with Gasteiger partial charge in [-0.15, -0.1) is 0 Å². The average Bonchev–Trinajstić information content (AvgIpc) is 3.51. The lowest BCUT2D eigenvalue weighted by molar-refractivity contribution is 1.08. The SMILES string of the molecule is c1ccc(-c2cccc(-n3c4ccccc4c4c3ccc3c5ccccc5n(-c5ccccc5)c34)n2)cc1. The van der Waals surface area contributed by atoms with Gasteiger partial charge in [0.25, 0.3) is 0 Å². The third-order valence-corrected chi connectivity index (χ3v) is 7.52. The summed E-state index contributed by atoms with van der Waals surface area (Å²) in [6.07, 6.45) is 0. The van der Waals surface area contributed by atoms with Crippen molar-refractivity contribution in [3.8, 4) is 22.8 Å².